The molecular formula is C14H7F3N4. The van der Waals surface area contributed by atoms with E-state index in [1.54, 1.807) is 18.3 Å². The Morgan fingerprint density at radius 3 is 2.71 bits per heavy atom. The van der Waals surface area contributed by atoms with Gasteiger partial charge in [-0.15, -0.1) is 0 Å². The van der Waals surface area contributed by atoms with Crippen molar-refractivity contribution in [3.63, 3.8) is 0 Å². The van der Waals surface area contributed by atoms with E-state index in [2.05, 4.69) is 10.1 Å². The lowest BCUT2D eigenvalue weighted by atomic mass is 10.0. The highest BCUT2D eigenvalue weighted by atomic mass is 19.4. The summed E-state index contributed by atoms with van der Waals surface area (Å²) in [6, 6.07) is 6.61. The number of alkyl halides is 3. The average Bonchev–Trinajstić information content (AvgIpc) is 2.89. The van der Waals surface area contributed by atoms with Crippen LogP contribution in [0, 0.1) is 11.3 Å². The molecule has 0 fully saturated rings. The van der Waals surface area contributed by atoms with Crippen LogP contribution in [0.25, 0.3) is 16.8 Å². The van der Waals surface area contributed by atoms with E-state index in [9.17, 15) is 13.2 Å². The van der Waals surface area contributed by atoms with Gasteiger partial charge in [0, 0.05) is 18.0 Å². The first kappa shape index (κ1) is 13.1. The molecule has 3 aromatic rings. The molecule has 7 heteroatoms. The van der Waals surface area contributed by atoms with Gasteiger partial charge in [-0.2, -0.15) is 23.5 Å². The van der Waals surface area contributed by atoms with Crippen molar-refractivity contribution in [3.05, 3.63) is 54.0 Å². The van der Waals surface area contributed by atoms with Gasteiger partial charge in [0.15, 0.2) is 5.65 Å². The monoisotopic (exact) mass is 288 g/mol. The van der Waals surface area contributed by atoms with Crippen molar-refractivity contribution >= 4 is 5.65 Å². The lowest BCUT2D eigenvalue weighted by Crippen LogP contribution is -2.05. The van der Waals surface area contributed by atoms with Crippen LogP contribution in [0.1, 0.15) is 11.1 Å². The molecule has 3 rings (SSSR count). The predicted octanol–water partition coefficient (Wildman–Crippen LogP) is 3.29. The van der Waals surface area contributed by atoms with Crippen LogP contribution in [0.2, 0.25) is 0 Å². The van der Waals surface area contributed by atoms with Crippen LogP contribution < -0.4 is 0 Å². The van der Waals surface area contributed by atoms with Gasteiger partial charge in [-0.1, -0.05) is 0 Å². The second-order valence-corrected chi connectivity index (χ2v) is 4.35. The van der Waals surface area contributed by atoms with Gasteiger partial charge >= 0.3 is 6.18 Å². The molecule has 2 aromatic heterocycles. The Balaban J connectivity index is 2.25. The van der Waals surface area contributed by atoms with Crippen LogP contribution >= 0.6 is 0 Å². The molecular weight excluding hydrogens is 281 g/mol. The molecule has 0 atom stereocenters. The van der Waals surface area contributed by atoms with Crippen molar-refractivity contribution in [1.82, 2.24) is 14.6 Å². The zero-order chi connectivity index (χ0) is 15.0. The fourth-order valence-electron chi connectivity index (χ4n) is 2.04. The minimum atomic E-state index is -4.52. The average molecular weight is 288 g/mol. The summed E-state index contributed by atoms with van der Waals surface area (Å²) < 4.78 is 40.1. The Kier molecular flexibility index (Phi) is 2.87. The molecule has 104 valence electrons. The highest BCUT2D eigenvalue weighted by molar-refractivity contribution is 5.78. The summed E-state index contributed by atoms with van der Waals surface area (Å²) in [6.07, 6.45) is 0.0843. The number of nitrogens with zero attached hydrogens (tertiary/aromatic N) is 4. The fraction of sp³-hybridized carbons (Fsp3) is 0.0714. The minimum absolute atomic E-state index is 0.0601. The Labute approximate surface area is 117 Å². The highest BCUT2D eigenvalue weighted by Crippen LogP contribution is 2.34. The van der Waals surface area contributed by atoms with E-state index >= 15 is 0 Å². The Bertz CT molecular complexity index is 859. The third kappa shape index (κ3) is 2.31. The quantitative estimate of drug-likeness (QED) is 0.690. The summed E-state index contributed by atoms with van der Waals surface area (Å²) in [5, 5.41) is 12.9. The summed E-state index contributed by atoms with van der Waals surface area (Å²) in [4.78, 5) is 4.10. The molecule has 2 heterocycles. The molecule has 0 amide bonds. The molecule has 0 N–H and O–H groups in total. The number of benzene rings is 1. The van der Waals surface area contributed by atoms with E-state index in [-0.39, 0.29) is 11.1 Å². The standard InChI is InChI=1S/C14H7F3N4/c15-14(16,17)11-5-9(7-18)4-10(6-11)12-8-20-21-3-1-2-19-13(12)21/h1-6,8H. The predicted molar refractivity (Wildman–Crippen MR) is 68.1 cm³/mol. The van der Waals surface area contributed by atoms with E-state index in [1.165, 1.54) is 23.0 Å². The second-order valence-electron chi connectivity index (χ2n) is 4.35. The SMILES string of the molecule is N#Cc1cc(-c2cnn3cccnc23)cc(C(F)(F)F)c1. The summed E-state index contributed by atoms with van der Waals surface area (Å²) >= 11 is 0. The van der Waals surface area contributed by atoms with Crippen molar-refractivity contribution in [3.8, 4) is 17.2 Å². The van der Waals surface area contributed by atoms with E-state index in [1.807, 2.05) is 0 Å². The normalized spacial score (nSPS) is 11.5. The summed E-state index contributed by atoms with van der Waals surface area (Å²) in [7, 11) is 0. The zero-order valence-electron chi connectivity index (χ0n) is 10.5. The molecule has 0 saturated carbocycles. The van der Waals surface area contributed by atoms with E-state index < -0.39 is 11.7 Å². The van der Waals surface area contributed by atoms with Crippen LogP contribution in [0.15, 0.2) is 42.9 Å². The number of fused-ring (bicyclic) bond motifs is 1. The van der Waals surface area contributed by atoms with Gasteiger partial charge in [-0.3, -0.25) is 0 Å². The molecule has 0 aliphatic heterocycles. The third-order valence-corrected chi connectivity index (χ3v) is 2.98. The zero-order valence-corrected chi connectivity index (χ0v) is 10.5. The van der Waals surface area contributed by atoms with Gasteiger partial charge in [-0.25, -0.2) is 9.50 Å². The maximum absolute atomic E-state index is 12.9. The van der Waals surface area contributed by atoms with Crippen LogP contribution in [0.5, 0.6) is 0 Å². The van der Waals surface area contributed by atoms with Crippen molar-refractivity contribution < 1.29 is 13.2 Å². The molecule has 0 unspecified atom stereocenters. The van der Waals surface area contributed by atoms with Crippen molar-refractivity contribution in [2.75, 3.05) is 0 Å². The molecule has 0 radical (unpaired) electrons. The molecule has 0 aliphatic rings. The second kappa shape index (κ2) is 4.59. The van der Waals surface area contributed by atoms with Crippen molar-refractivity contribution in [2.24, 2.45) is 0 Å². The topological polar surface area (TPSA) is 54.0 Å². The molecule has 0 bridgehead atoms. The lowest BCUT2D eigenvalue weighted by Gasteiger charge is -2.09. The van der Waals surface area contributed by atoms with Gasteiger partial charge in [0.1, 0.15) is 0 Å². The first-order valence-corrected chi connectivity index (χ1v) is 5.90. The van der Waals surface area contributed by atoms with Crippen LogP contribution in [0.4, 0.5) is 13.2 Å². The number of rotatable bonds is 1. The fourth-order valence-corrected chi connectivity index (χ4v) is 2.04. The number of nitriles is 1. The van der Waals surface area contributed by atoms with Crippen molar-refractivity contribution in [1.29, 1.82) is 5.26 Å². The molecule has 0 saturated heterocycles. The first-order chi connectivity index (χ1) is 9.99. The van der Waals surface area contributed by atoms with E-state index in [4.69, 9.17) is 5.26 Å². The summed E-state index contributed by atoms with van der Waals surface area (Å²) in [5.41, 5.74) is 0.205. The van der Waals surface area contributed by atoms with Gasteiger partial charge < -0.3 is 0 Å². The highest BCUT2D eigenvalue weighted by Gasteiger charge is 2.31. The van der Waals surface area contributed by atoms with Crippen LogP contribution in [-0.4, -0.2) is 14.6 Å². The summed E-state index contributed by atoms with van der Waals surface area (Å²) in [5.74, 6) is 0. The largest absolute Gasteiger partial charge is 0.416 e. The minimum Gasteiger partial charge on any atom is -0.236 e. The lowest BCUT2D eigenvalue weighted by molar-refractivity contribution is -0.137. The molecule has 1 aromatic carbocycles. The molecule has 0 spiro atoms. The Morgan fingerprint density at radius 2 is 2.00 bits per heavy atom. The van der Waals surface area contributed by atoms with Gasteiger partial charge in [0.05, 0.1) is 23.4 Å². The number of hydrogen-bond acceptors (Lipinski definition) is 3. The van der Waals surface area contributed by atoms with E-state index in [0.717, 1.165) is 12.1 Å². The maximum Gasteiger partial charge on any atom is 0.416 e. The molecule has 4 nitrogen and oxygen atoms in total. The third-order valence-electron chi connectivity index (χ3n) is 2.98. The molecule has 21 heavy (non-hydrogen) atoms. The van der Waals surface area contributed by atoms with Crippen LogP contribution in [-0.2, 0) is 6.18 Å². The van der Waals surface area contributed by atoms with Crippen LogP contribution in [0.3, 0.4) is 0 Å². The van der Waals surface area contributed by atoms with Crippen molar-refractivity contribution in [2.45, 2.75) is 6.18 Å². The van der Waals surface area contributed by atoms with Gasteiger partial charge in [0.2, 0.25) is 0 Å². The smallest absolute Gasteiger partial charge is 0.236 e. The maximum atomic E-state index is 12.9. The first-order valence-electron chi connectivity index (χ1n) is 5.90. The number of hydrogen-bond donors (Lipinski definition) is 0. The number of aromatic nitrogens is 3. The van der Waals surface area contributed by atoms with E-state index in [0.29, 0.717) is 11.2 Å². The van der Waals surface area contributed by atoms with Gasteiger partial charge in [-0.05, 0) is 29.8 Å². The van der Waals surface area contributed by atoms with Gasteiger partial charge in [0.25, 0.3) is 0 Å². The Morgan fingerprint density at radius 1 is 1.19 bits per heavy atom. The number of halogens is 3. The molecule has 0 aliphatic carbocycles. The summed E-state index contributed by atoms with van der Waals surface area (Å²) in [6.45, 7) is 0. The Hall–Kier alpha value is -2.88.